The summed E-state index contributed by atoms with van der Waals surface area (Å²) in [5, 5.41) is 4.09. The number of hydrogen-bond acceptors (Lipinski definition) is 3. The Bertz CT molecular complexity index is 520. The van der Waals surface area contributed by atoms with Gasteiger partial charge in [-0.2, -0.15) is 0 Å². The normalized spacial score (nSPS) is 23.7. The van der Waals surface area contributed by atoms with E-state index in [9.17, 15) is 0 Å². The average molecular weight is 423 g/mol. The van der Waals surface area contributed by atoms with Crippen LogP contribution in [0, 0.1) is 18.8 Å². The lowest BCUT2D eigenvalue weighted by molar-refractivity contribution is 0.335. The van der Waals surface area contributed by atoms with Crippen LogP contribution in [-0.2, 0) is 0 Å². The second kappa shape index (κ2) is 18.0. The van der Waals surface area contributed by atoms with Crippen molar-refractivity contribution in [2.75, 3.05) is 19.6 Å². The van der Waals surface area contributed by atoms with Gasteiger partial charge in [-0.1, -0.05) is 56.8 Å². The first-order valence-electron chi connectivity index (χ1n) is 10.4. The van der Waals surface area contributed by atoms with Crippen molar-refractivity contribution in [3.8, 4) is 12.8 Å². The molecule has 4 heteroatoms. The zero-order valence-electron chi connectivity index (χ0n) is 19.1. The molecule has 2 aliphatic rings. The van der Waals surface area contributed by atoms with Crippen LogP contribution in [0.1, 0.15) is 61.3 Å². The Kier molecular flexibility index (Phi) is 18.8. The molecule has 1 N–H and O–H groups in total. The zero-order valence-corrected chi connectivity index (χ0v) is 20.8. The maximum Gasteiger partial charge on any atom is 0.112 e. The third-order valence-corrected chi connectivity index (χ3v) is 6.71. The molecule has 0 radical (unpaired) electrons. The zero-order chi connectivity index (χ0) is 22.1. The molecule has 2 saturated heterocycles. The summed E-state index contributed by atoms with van der Waals surface area (Å²) in [6.07, 6.45) is 16.6. The minimum Gasteiger partial charge on any atom is -0.371 e. The summed E-state index contributed by atoms with van der Waals surface area (Å²) in [6.45, 7) is 21.8. The van der Waals surface area contributed by atoms with Crippen molar-refractivity contribution >= 4 is 29.0 Å². The molecular formula is C24H42N2S2. The van der Waals surface area contributed by atoms with Crippen molar-refractivity contribution < 1.29 is 0 Å². The molecule has 0 aromatic carbocycles. The van der Waals surface area contributed by atoms with Gasteiger partial charge < -0.3 is 10.2 Å². The molecule has 0 saturated carbocycles. The number of rotatable bonds is 6. The smallest absolute Gasteiger partial charge is 0.112 e. The number of nitrogens with one attached hydrogen (secondary N) is 1. The molecule has 0 amide bonds. The van der Waals surface area contributed by atoms with E-state index in [0.29, 0.717) is 11.3 Å². The van der Waals surface area contributed by atoms with Crippen molar-refractivity contribution in [2.45, 2.75) is 72.6 Å². The highest BCUT2D eigenvalue weighted by molar-refractivity contribution is 8.05. The number of piperidine rings is 1. The van der Waals surface area contributed by atoms with Gasteiger partial charge >= 0.3 is 0 Å². The van der Waals surface area contributed by atoms with E-state index in [2.05, 4.69) is 76.4 Å². The Balaban J connectivity index is 0. The van der Waals surface area contributed by atoms with Gasteiger partial charge in [-0.3, -0.25) is 0 Å². The predicted molar refractivity (Wildman–Crippen MR) is 136 cm³/mol. The maximum absolute atomic E-state index is 5.63. The molecule has 4 unspecified atom stereocenters. The van der Waals surface area contributed by atoms with Crippen LogP contribution >= 0.6 is 24.0 Å². The lowest BCUT2D eigenvalue weighted by Crippen LogP contribution is -2.42. The molecular weight excluding hydrogens is 380 g/mol. The monoisotopic (exact) mass is 422 g/mol. The number of thioether (sulfide) groups is 1. The van der Waals surface area contributed by atoms with Crippen LogP contribution in [0.5, 0.6) is 0 Å². The summed E-state index contributed by atoms with van der Waals surface area (Å²) in [6, 6.07) is 0.560. The largest absolute Gasteiger partial charge is 0.371 e. The standard InChI is InChI=1S/C16H26N2S2.C4H8.C2H6.C2H2/c1-5-11(3)12(4)20-15(6-2)16(19)17-14-10-18-8-7-13(14)9-18;1-3-4-2;2*1-2/h5-6,12-14H,7-10H2,1-4H3,(H,17,19);3H,1,4H2,2H3;1-2H3;1-2H/b11-5+,15-6-;;;. The Labute approximate surface area is 185 Å². The van der Waals surface area contributed by atoms with E-state index in [1.54, 1.807) is 0 Å². The highest BCUT2D eigenvalue weighted by Gasteiger charge is 2.38. The van der Waals surface area contributed by atoms with Gasteiger partial charge in [-0.05, 0) is 53.0 Å². The third-order valence-electron chi connectivity index (χ3n) is 4.82. The van der Waals surface area contributed by atoms with E-state index in [0.717, 1.165) is 23.9 Å². The molecule has 160 valence electrons. The lowest BCUT2D eigenvalue weighted by Gasteiger charge is -2.25. The summed E-state index contributed by atoms with van der Waals surface area (Å²) >= 11 is 7.49. The van der Waals surface area contributed by atoms with Gasteiger partial charge in [-0.15, -0.1) is 31.2 Å². The predicted octanol–water partition coefficient (Wildman–Crippen LogP) is 6.46. The molecule has 2 rings (SSSR count). The fourth-order valence-electron chi connectivity index (χ4n) is 2.96. The number of fused-ring (bicyclic) bond motifs is 2. The van der Waals surface area contributed by atoms with Crippen LogP contribution in [0.2, 0.25) is 0 Å². The van der Waals surface area contributed by atoms with E-state index in [1.165, 1.54) is 30.0 Å². The highest BCUT2D eigenvalue weighted by Crippen LogP contribution is 2.30. The minimum absolute atomic E-state index is 0.481. The first kappa shape index (κ1) is 29.2. The molecule has 2 fully saturated rings. The Morgan fingerprint density at radius 2 is 1.86 bits per heavy atom. The molecule has 2 heterocycles. The number of allylic oxidation sites excluding steroid dienone is 3. The molecule has 0 aliphatic carbocycles. The fraction of sp³-hybridized carbons (Fsp3) is 0.625. The van der Waals surface area contributed by atoms with E-state index in [-0.39, 0.29) is 0 Å². The quantitative estimate of drug-likeness (QED) is 0.229. The van der Waals surface area contributed by atoms with E-state index in [1.807, 2.05) is 31.7 Å². The molecule has 0 spiro atoms. The van der Waals surface area contributed by atoms with Gasteiger partial charge in [0.25, 0.3) is 0 Å². The van der Waals surface area contributed by atoms with Crippen LogP contribution in [0.3, 0.4) is 0 Å². The first-order chi connectivity index (χ1) is 13.5. The summed E-state index contributed by atoms with van der Waals surface area (Å²) in [7, 11) is 0. The summed E-state index contributed by atoms with van der Waals surface area (Å²) in [5.74, 6) is 0.797. The van der Waals surface area contributed by atoms with Gasteiger partial charge in [0.1, 0.15) is 4.99 Å². The maximum atomic E-state index is 5.63. The first-order valence-corrected chi connectivity index (χ1v) is 11.7. The van der Waals surface area contributed by atoms with Gasteiger partial charge in [0.15, 0.2) is 0 Å². The molecule has 28 heavy (non-hydrogen) atoms. The molecule has 0 aromatic heterocycles. The van der Waals surface area contributed by atoms with Gasteiger partial charge in [0, 0.05) is 29.3 Å². The average Bonchev–Trinajstić information content (AvgIpc) is 3.37. The minimum atomic E-state index is 0.481. The van der Waals surface area contributed by atoms with Gasteiger partial charge in [0.2, 0.25) is 0 Å². The number of nitrogens with zero attached hydrogens (tertiary/aromatic N) is 1. The third kappa shape index (κ3) is 10.5. The molecule has 0 aromatic rings. The van der Waals surface area contributed by atoms with Crippen LogP contribution in [0.15, 0.2) is 35.3 Å². The Hall–Kier alpha value is -1.02. The Morgan fingerprint density at radius 3 is 2.21 bits per heavy atom. The Morgan fingerprint density at radius 1 is 1.29 bits per heavy atom. The lowest BCUT2D eigenvalue weighted by atomic mass is 10.0. The van der Waals surface area contributed by atoms with Gasteiger partial charge in [0.05, 0.1) is 0 Å². The van der Waals surface area contributed by atoms with E-state index < -0.39 is 0 Å². The van der Waals surface area contributed by atoms with Crippen molar-refractivity contribution in [1.29, 1.82) is 0 Å². The summed E-state index contributed by atoms with van der Waals surface area (Å²) in [4.78, 5) is 4.69. The van der Waals surface area contributed by atoms with Gasteiger partial charge in [-0.25, -0.2) is 0 Å². The second-order valence-electron chi connectivity index (χ2n) is 6.53. The molecule has 2 nitrogen and oxygen atoms in total. The van der Waals surface area contributed by atoms with Crippen molar-refractivity contribution in [1.82, 2.24) is 10.2 Å². The van der Waals surface area contributed by atoms with Crippen molar-refractivity contribution in [2.24, 2.45) is 5.92 Å². The van der Waals surface area contributed by atoms with E-state index in [4.69, 9.17) is 12.2 Å². The topological polar surface area (TPSA) is 15.3 Å². The number of terminal acetylenes is 1. The summed E-state index contributed by atoms with van der Waals surface area (Å²) in [5.41, 5.74) is 1.41. The SMILES string of the molecule is C#C.C/C=C(\SC(C)/C(C)=C/C)C(=S)NC1CN2CCC1C2.C=CCC.CC. The molecule has 2 bridgehead atoms. The van der Waals surface area contributed by atoms with Crippen LogP contribution < -0.4 is 5.32 Å². The number of hydrogen-bond donors (Lipinski definition) is 1. The molecule has 4 atom stereocenters. The van der Waals surface area contributed by atoms with Crippen molar-refractivity contribution in [3.63, 3.8) is 0 Å². The molecule has 2 aliphatic heterocycles. The second-order valence-corrected chi connectivity index (χ2v) is 8.32. The number of thiocarbonyl (C=S) groups is 1. The fourth-order valence-corrected chi connectivity index (χ4v) is 4.38. The van der Waals surface area contributed by atoms with Crippen LogP contribution in [0.25, 0.3) is 0 Å². The van der Waals surface area contributed by atoms with Crippen LogP contribution in [-0.4, -0.2) is 40.8 Å². The van der Waals surface area contributed by atoms with Crippen LogP contribution in [0.4, 0.5) is 0 Å². The highest BCUT2D eigenvalue weighted by atomic mass is 32.2. The summed E-state index contributed by atoms with van der Waals surface area (Å²) < 4.78 is 0. The van der Waals surface area contributed by atoms with E-state index >= 15 is 0 Å². The van der Waals surface area contributed by atoms with Crippen molar-refractivity contribution in [3.05, 3.63) is 35.3 Å².